The summed E-state index contributed by atoms with van der Waals surface area (Å²) in [6, 6.07) is 15.8. The lowest BCUT2D eigenvalue weighted by Crippen LogP contribution is -2.45. The molecule has 1 amide bonds. The summed E-state index contributed by atoms with van der Waals surface area (Å²) in [6.45, 7) is 4.21. The van der Waals surface area contributed by atoms with E-state index >= 15 is 0 Å². The molecule has 5 fully saturated rings. The van der Waals surface area contributed by atoms with Crippen LogP contribution < -0.4 is 5.32 Å². The van der Waals surface area contributed by atoms with E-state index in [0.717, 1.165) is 61.5 Å². The molecule has 1 aliphatic heterocycles. The highest BCUT2D eigenvalue weighted by atomic mass is 16.5. The number of rotatable bonds is 10. The van der Waals surface area contributed by atoms with Gasteiger partial charge in [-0.3, -0.25) is 9.69 Å². The Kier molecular flexibility index (Phi) is 9.02. The van der Waals surface area contributed by atoms with Crippen LogP contribution >= 0.6 is 0 Å². The second-order valence-electron chi connectivity index (χ2n) is 13.5. The van der Waals surface area contributed by atoms with Gasteiger partial charge in [0.1, 0.15) is 0 Å². The summed E-state index contributed by atoms with van der Waals surface area (Å²) < 4.78 is 10.5. The Balaban J connectivity index is 0.957. The molecule has 5 aliphatic rings. The molecule has 0 atom stereocenters. The molecule has 224 valence electrons. The number of carbonyl (C=O) groups is 1. The molecule has 1 saturated heterocycles. The second-order valence-corrected chi connectivity index (χ2v) is 13.5. The fourth-order valence-electron chi connectivity index (χ4n) is 8.21. The van der Waals surface area contributed by atoms with Gasteiger partial charge in [-0.05, 0) is 118 Å². The average molecular weight is 571 g/mol. The number of hydrogen-bond acceptors (Lipinski definition) is 5. The molecule has 6 heteroatoms. The molecule has 6 nitrogen and oxygen atoms in total. The van der Waals surface area contributed by atoms with Crippen molar-refractivity contribution in [1.29, 1.82) is 0 Å². The van der Waals surface area contributed by atoms with Crippen molar-refractivity contribution in [2.75, 3.05) is 45.3 Å². The maximum Gasteiger partial charge on any atom is 0.255 e. The maximum atomic E-state index is 12.9. The van der Waals surface area contributed by atoms with Gasteiger partial charge in [0.05, 0.1) is 18.8 Å². The molecule has 0 spiro atoms. The third-order valence-electron chi connectivity index (χ3n) is 10.2. The third kappa shape index (κ3) is 7.26. The number of hydrogen-bond donors (Lipinski definition) is 2. The average Bonchev–Trinajstić information content (AvgIpc) is 2.98. The van der Waals surface area contributed by atoms with E-state index in [4.69, 9.17) is 9.47 Å². The van der Waals surface area contributed by atoms with Gasteiger partial charge in [0.25, 0.3) is 5.91 Å². The van der Waals surface area contributed by atoms with Crippen molar-refractivity contribution in [3.8, 4) is 11.8 Å². The zero-order valence-corrected chi connectivity index (χ0v) is 25.1. The van der Waals surface area contributed by atoms with Crippen molar-refractivity contribution in [3.63, 3.8) is 0 Å². The predicted octanol–water partition coefficient (Wildman–Crippen LogP) is 5.89. The number of benzene rings is 2. The molecule has 2 aromatic rings. The van der Waals surface area contributed by atoms with Crippen LogP contribution in [0.15, 0.2) is 48.5 Å². The Morgan fingerprint density at radius 3 is 2.19 bits per heavy atom. The molecule has 2 aromatic carbocycles. The molecule has 7 rings (SSSR count). The number of methoxy groups -OCH3 is 1. The second kappa shape index (κ2) is 12.9. The van der Waals surface area contributed by atoms with Crippen LogP contribution in [0.1, 0.15) is 79.3 Å². The minimum atomic E-state index is -0.648. The minimum Gasteiger partial charge on any atom is -0.390 e. The monoisotopic (exact) mass is 570 g/mol. The van der Waals surface area contributed by atoms with E-state index < -0.39 is 5.60 Å². The fraction of sp³-hybridized carbons (Fsp3) is 0.583. The van der Waals surface area contributed by atoms with Crippen molar-refractivity contribution in [2.24, 2.45) is 23.2 Å². The topological polar surface area (TPSA) is 71.0 Å². The van der Waals surface area contributed by atoms with Crippen LogP contribution in [-0.4, -0.2) is 61.5 Å². The lowest BCUT2D eigenvalue weighted by Gasteiger charge is -2.54. The standard InChI is InChI=1S/C36H46N2O4/c1-41-18-19-42-17-14-36(40)12-15-38(16-13-36)26-28-2-6-32(7-3-28)34(39)37-33-8-4-27(5-9-33)10-11-35-23-29-20-30(24-35)22-31(21-29)25-35/h2-9,29-31,40H,12-26H2,1H3,(H,37,39). The largest absolute Gasteiger partial charge is 0.390 e. The van der Waals surface area contributed by atoms with Gasteiger partial charge >= 0.3 is 0 Å². The lowest BCUT2D eigenvalue weighted by molar-refractivity contribution is -0.0501. The van der Waals surface area contributed by atoms with Gasteiger partial charge in [0, 0.05) is 55.6 Å². The predicted molar refractivity (Wildman–Crippen MR) is 165 cm³/mol. The molecule has 0 radical (unpaired) electrons. The molecule has 0 unspecified atom stereocenters. The van der Waals surface area contributed by atoms with E-state index in [9.17, 15) is 9.90 Å². The number of likely N-dealkylation sites (tertiary alicyclic amines) is 1. The molecular weight excluding hydrogens is 524 g/mol. The van der Waals surface area contributed by atoms with Crippen LogP contribution in [-0.2, 0) is 16.0 Å². The molecular formula is C36H46N2O4. The fourth-order valence-corrected chi connectivity index (χ4v) is 8.21. The van der Waals surface area contributed by atoms with Gasteiger partial charge in [-0.25, -0.2) is 0 Å². The summed E-state index contributed by atoms with van der Waals surface area (Å²) in [5.41, 5.74) is 3.23. The first kappa shape index (κ1) is 29.4. The Bertz CT molecular complexity index is 1230. The van der Waals surface area contributed by atoms with E-state index in [1.54, 1.807) is 7.11 Å². The summed E-state index contributed by atoms with van der Waals surface area (Å²) in [5.74, 6) is 9.82. The Labute approximate surface area is 251 Å². The molecule has 4 aliphatic carbocycles. The number of amides is 1. The number of nitrogens with one attached hydrogen (secondary N) is 1. The van der Waals surface area contributed by atoms with Crippen molar-refractivity contribution < 1.29 is 19.4 Å². The normalized spacial score (nSPS) is 27.8. The van der Waals surface area contributed by atoms with Crippen LogP contribution in [0.2, 0.25) is 0 Å². The number of anilines is 1. The molecule has 42 heavy (non-hydrogen) atoms. The minimum absolute atomic E-state index is 0.107. The Morgan fingerprint density at radius 1 is 0.929 bits per heavy atom. The van der Waals surface area contributed by atoms with Crippen LogP contribution in [0.5, 0.6) is 0 Å². The first-order valence-electron chi connectivity index (χ1n) is 15.9. The quantitative estimate of drug-likeness (QED) is 0.276. The highest BCUT2D eigenvalue weighted by Crippen LogP contribution is 2.59. The van der Waals surface area contributed by atoms with E-state index in [2.05, 4.69) is 22.1 Å². The van der Waals surface area contributed by atoms with Crippen LogP contribution in [0, 0.1) is 35.0 Å². The van der Waals surface area contributed by atoms with Gasteiger partial charge in [-0.2, -0.15) is 0 Å². The first-order chi connectivity index (χ1) is 20.4. The third-order valence-corrected chi connectivity index (χ3v) is 10.2. The zero-order chi connectivity index (χ0) is 29.0. The highest BCUT2D eigenvalue weighted by Gasteiger charge is 2.50. The van der Waals surface area contributed by atoms with Crippen molar-refractivity contribution in [3.05, 3.63) is 65.2 Å². The SMILES string of the molecule is COCCOCCC1(O)CCN(Cc2ccc(C(=O)Nc3ccc(C#CC45CC6CC(CC(C6)C4)C5)cc3)cc2)CC1. The van der Waals surface area contributed by atoms with Gasteiger partial charge < -0.3 is 19.9 Å². The van der Waals surface area contributed by atoms with E-state index in [-0.39, 0.29) is 11.3 Å². The summed E-state index contributed by atoms with van der Waals surface area (Å²) in [4.78, 5) is 15.3. The Hall–Kier alpha value is -2.69. The number of aliphatic hydroxyl groups is 1. The highest BCUT2D eigenvalue weighted by molar-refractivity contribution is 6.04. The van der Waals surface area contributed by atoms with Gasteiger partial charge in [-0.15, -0.1) is 0 Å². The molecule has 1 heterocycles. The molecule has 0 aromatic heterocycles. The summed E-state index contributed by atoms with van der Waals surface area (Å²) in [5, 5.41) is 13.9. The summed E-state index contributed by atoms with van der Waals surface area (Å²) in [6.07, 6.45) is 10.4. The molecule has 4 saturated carbocycles. The van der Waals surface area contributed by atoms with Gasteiger partial charge in [0.15, 0.2) is 0 Å². The smallest absolute Gasteiger partial charge is 0.255 e. The Morgan fingerprint density at radius 2 is 1.57 bits per heavy atom. The zero-order valence-electron chi connectivity index (χ0n) is 25.1. The van der Waals surface area contributed by atoms with E-state index in [1.807, 2.05) is 48.5 Å². The van der Waals surface area contributed by atoms with Crippen molar-refractivity contribution in [2.45, 2.75) is 69.9 Å². The van der Waals surface area contributed by atoms with E-state index in [0.29, 0.717) is 31.8 Å². The van der Waals surface area contributed by atoms with Crippen LogP contribution in [0.25, 0.3) is 0 Å². The van der Waals surface area contributed by atoms with Crippen LogP contribution in [0.3, 0.4) is 0 Å². The van der Waals surface area contributed by atoms with Crippen molar-refractivity contribution in [1.82, 2.24) is 4.90 Å². The number of nitrogens with zero attached hydrogens (tertiary/aromatic N) is 1. The molecule has 4 bridgehead atoms. The van der Waals surface area contributed by atoms with E-state index in [1.165, 1.54) is 44.1 Å². The summed E-state index contributed by atoms with van der Waals surface area (Å²) >= 11 is 0. The maximum absolute atomic E-state index is 12.9. The number of ether oxygens (including phenoxy) is 2. The van der Waals surface area contributed by atoms with Crippen molar-refractivity contribution >= 4 is 11.6 Å². The first-order valence-corrected chi connectivity index (χ1v) is 15.9. The molecule has 2 N–H and O–H groups in total. The van der Waals surface area contributed by atoms with Crippen LogP contribution in [0.4, 0.5) is 5.69 Å². The summed E-state index contributed by atoms with van der Waals surface area (Å²) in [7, 11) is 1.66. The number of piperidine rings is 1. The lowest BCUT2D eigenvalue weighted by atomic mass is 9.50. The number of carbonyl (C=O) groups excluding carboxylic acids is 1. The van der Waals surface area contributed by atoms with Gasteiger partial charge in [0.2, 0.25) is 0 Å². The van der Waals surface area contributed by atoms with Gasteiger partial charge in [-0.1, -0.05) is 24.0 Å².